The van der Waals surface area contributed by atoms with Gasteiger partial charge in [-0.1, -0.05) is 11.6 Å². The Morgan fingerprint density at radius 2 is 1.96 bits per heavy atom. The molecule has 1 amide bonds. The minimum Gasteiger partial charge on any atom is -0.495 e. The predicted octanol–water partition coefficient (Wildman–Crippen LogP) is 4.62. The van der Waals surface area contributed by atoms with E-state index in [0.717, 1.165) is 12.3 Å². The number of ether oxygens (including phenoxy) is 1. The van der Waals surface area contributed by atoms with Crippen LogP contribution in [-0.4, -0.2) is 31.1 Å². The van der Waals surface area contributed by atoms with E-state index in [1.165, 1.54) is 13.2 Å². The van der Waals surface area contributed by atoms with Crippen molar-refractivity contribution < 1.29 is 22.7 Å². The van der Waals surface area contributed by atoms with Crippen LogP contribution in [0.3, 0.4) is 0 Å². The molecular weight excluding hydrogens is 395 g/mol. The molecule has 1 aliphatic rings. The summed E-state index contributed by atoms with van der Waals surface area (Å²) in [5, 5.41) is 3.33. The maximum atomic E-state index is 12.6. The first-order valence-electron chi connectivity index (χ1n) is 8.70. The molecule has 0 unspecified atom stereocenters. The molecule has 1 N–H and O–H groups in total. The van der Waals surface area contributed by atoms with Crippen molar-refractivity contribution >= 4 is 29.0 Å². The van der Waals surface area contributed by atoms with E-state index in [2.05, 4.69) is 10.3 Å². The number of pyridine rings is 1. The van der Waals surface area contributed by atoms with E-state index in [-0.39, 0.29) is 11.8 Å². The fourth-order valence-electron chi connectivity index (χ4n) is 3.12. The van der Waals surface area contributed by atoms with Crippen LogP contribution >= 0.6 is 11.6 Å². The van der Waals surface area contributed by atoms with Crippen LogP contribution in [0.5, 0.6) is 5.75 Å². The summed E-state index contributed by atoms with van der Waals surface area (Å²) in [5.41, 5.74) is -0.271. The minimum absolute atomic E-state index is 0.138. The Bertz CT molecular complexity index is 835. The highest BCUT2D eigenvalue weighted by atomic mass is 35.5. The number of nitrogens with zero attached hydrogens (tertiary/aromatic N) is 2. The molecule has 1 saturated heterocycles. The summed E-state index contributed by atoms with van der Waals surface area (Å²) in [6.07, 6.45) is -2.44. The van der Waals surface area contributed by atoms with Gasteiger partial charge in [0.15, 0.2) is 0 Å². The number of amides is 1. The summed E-state index contributed by atoms with van der Waals surface area (Å²) in [5.74, 6) is 0.641. The van der Waals surface area contributed by atoms with Gasteiger partial charge in [0.25, 0.3) is 0 Å². The van der Waals surface area contributed by atoms with Crippen molar-refractivity contribution in [2.45, 2.75) is 19.0 Å². The molecule has 1 fully saturated rings. The highest BCUT2D eigenvalue weighted by Crippen LogP contribution is 2.31. The topological polar surface area (TPSA) is 54.5 Å². The number of anilines is 2. The zero-order valence-electron chi connectivity index (χ0n) is 15.1. The van der Waals surface area contributed by atoms with E-state index in [4.69, 9.17) is 16.3 Å². The van der Waals surface area contributed by atoms with E-state index in [9.17, 15) is 18.0 Å². The standard InChI is InChI=1S/C19H19ClF3N3O2/c1-28-16-4-3-14(20)10-15(16)25-18(27)12-6-8-26(9-7-12)17-5-2-13(11-24-17)19(21,22)23/h2-5,10-12H,6-9H2,1H3,(H,25,27). The van der Waals surface area contributed by atoms with Crippen LogP contribution in [0.15, 0.2) is 36.5 Å². The van der Waals surface area contributed by atoms with Crippen molar-refractivity contribution in [3.63, 3.8) is 0 Å². The second-order valence-corrected chi connectivity index (χ2v) is 6.93. The number of benzene rings is 1. The van der Waals surface area contributed by atoms with E-state index in [1.807, 2.05) is 4.90 Å². The molecule has 0 saturated carbocycles. The van der Waals surface area contributed by atoms with Gasteiger partial charge in [0.2, 0.25) is 5.91 Å². The molecule has 2 heterocycles. The predicted molar refractivity (Wildman–Crippen MR) is 101 cm³/mol. The number of halogens is 4. The van der Waals surface area contributed by atoms with E-state index < -0.39 is 11.7 Å². The number of hydrogen-bond donors (Lipinski definition) is 1. The van der Waals surface area contributed by atoms with Crippen LogP contribution in [0.1, 0.15) is 18.4 Å². The third kappa shape index (κ3) is 4.67. The number of methoxy groups -OCH3 is 1. The number of aromatic nitrogens is 1. The summed E-state index contributed by atoms with van der Waals surface area (Å²) >= 11 is 5.98. The van der Waals surface area contributed by atoms with Crippen LogP contribution in [0.2, 0.25) is 5.02 Å². The van der Waals surface area contributed by atoms with Crippen molar-refractivity contribution in [2.75, 3.05) is 30.4 Å². The average Bonchev–Trinajstić information content (AvgIpc) is 2.68. The van der Waals surface area contributed by atoms with Crippen molar-refractivity contribution in [2.24, 2.45) is 5.92 Å². The molecule has 1 aromatic heterocycles. The normalized spacial score (nSPS) is 15.4. The second kappa shape index (κ2) is 8.26. The second-order valence-electron chi connectivity index (χ2n) is 6.50. The molecule has 1 aliphatic heterocycles. The Morgan fingerprint density at radius 3 is 2.54 bits per heavy atom. The van der Waals surface area contributed by atoms with Gasteiger partial charge in [0.05, 0.1) is 18.4 Å². The summed E-state index contributed by atoms with van der Waals surface area (Å²) in [4.78, 5) is 18.4. The monoisotopic (exact) mass is 413 g/mol. The molecule has 0 atom stereocenters. The molecule has 0 spiro atoms. The van der Waals surface area contributed by atoms with Crippen molar-refractivity contribution in [3.8, 4) is 5.75 Å². The van der Waals surface area contributed by atoms with Gasteiger partial charge in [-0.2, -0.15) is 13.2 Å². The number of carbonyl (C=O) groups is 1. The van der Waals surface area contributed by atoms with Gasteiger partial charge in [-0.05, 0) is 43.2 Å². The Morgan fingerprint density at radius 1 is 1.25 bits per heavy atom. The first-order valence-corrected chi connectivity index (χ1v) is 9.08. The van der Waals surface area contributed by atoms with Gasteiger partial charge in [0, 0.05) is 30.2 Å². The highest BCUT2D eigenvalue weighted by Gasteiger charge is 2.31. The zero-order chi connectivity index (χ0) is 20.3. The van der Waals surface area contributed by atoms with Gasteiger partial charge in [-0.3, -0.25) is 4.79 Å². The molecule has 150 valence electrons. The minimum atomic E-state index is -4.40. The van der Waals surface area contributed by atoms with Crippen molar-refractivity contribution in [1.29, 1.82) is 0 Å². The van der Waals surface area contributed by atoms with Crippen LogP contribution < -0.4 is 15.0 Å². The lowest BCUT2D eigenvalue weighted by atomic mass is 9.95. The molecule has 9 heteroatoms. The first kappa shape index (κ1) is 20.3. The van der Waals surface area contributed by atoms with Crippen LogP contribution in [0, 0.1) is 5.92 Å². The SMILES string of the molecule is COc1ccc(Cl)cc1NC(=O)C1CCN(c2ccc(C(F)(F)F)cn2)CC1. The van der Waals surface area contributed by atoms with E-state index >= 15 is 0 Å². The molecule has 3 rings (SSSR count). The number of hydrogen-bond acceptors (Lipinski definition) is 4. The molecule has 1 aromatic carbocycles. The zero-order valence-corrected chi connectivity index (χ0v) is 15.8. The van der Waals surface area contributed by atoms with Crippen LogP contribution in [-0.2, 0) is 11.0 Å². The van der Waals surface area contributed by atoms with Crippen molar-refractivity contribution in [3.05, 3.63) is 47.1 Å². The summed E-state index contributed by atoms with van der Waals surface area (Å²) in [7, 11) is 1.51. The molecule has 0 radical (unpaired) electrons. The molecule has 0 aliphatic carbocycles. The fourth-order valence-corrected chi connectivity index (χ4v) is 3.30. The number of rotatable bonds is 4. The molecule has 28 heavy (non-hydrogen) atoms. The third-order valence-electron chi connectivity index (χ3n) is 4.68. The Balaban J connectivity index is 1.59. The number of carbonyl (C=O) groups excluding carboxylic acids is 1. The first-order chi connectivity index (χ1) is 13.3. The quantitative estimate of drug-likeness (QED) is 0.794. The number of alkyl halides is 3. The maximum absolute atomic E-state index is 12.6. The number of nitrogens with one attached hydrogen (secondary N) is 1. The van der Waals surface area contributed by atoms with Gasteiger partial charge >= 0.3 is 6.18 Å². The fraction of sp³-hybridized carbons (Fsp3) is 0.368. The molecule has 0 bridgehead atoms. The molecule has 5 nitrogen and oxygen atoms in total. The Hall–Kier alpha value is -2.48. The Kier molecular flexibility index (Phi) is 5.98. The van der Waals surface area contributed by atoms with Gasteiger partial charge in [-0.25, -0.2) is 4.98 Å². The molecule has 2 aromatic rings. The summed E-state index contributed by atoms with van der Waals surface area (Å²) < 4.78 is 43.2. The lowest BCUT2D eigenvalue weighted by Gasteiger charge is -2.32. The van der Waals surface area contributed by atoms with Crippen LogP contribution in [0.4, 0.5) is 24.7 Å². The lowest BCUT2D eigenvalue weighted by molar-refractivity contribution is -0.137. The van der Waals surface area contributed by atoms with Gasteiger partial charge < -0.3 is 15.0 Å². The lowest BCUT2D eigenvalue weighted by Crippen LogP contribution is -2.38. The Labute approximate surface area is 165 Å². The summed E-state index contributed by atoms with van der Waals surface area (Å²) in [6, 6.07) is 7.36. The van der Waals surface area contributed by atoms with Crippen molar-refractivity contribution in [1.82, 2.24) is 4.98 Å². The van der Waals surface area contributed by atoms with E-state index in [0.29, 0.717) is 48.2 Å². The third-order valence-corrected chi connectivity index (χ3v) is 4.92. The van der Waals surface area contributed by atoms with Gasteiger partial charge in [0.1, 0.15) is 11.6 Å². The summed E-state index contributed by atoms with van der Waals surface area (Å²) in [6.45, 7) is 1.06. The van der Waals surface area contributed by atoms with Crippen LogP contribution in [0.25, 0.3) is 0 Å². The van der Waals surface area contributed by atoms with Gasteiger partial charge in [-0.15, -0.1) is 0 Å². The maximum Gasteiger partial charge on any atom is 0.417 e. The van der Waals surface area contributed by atoms with E-state index in [1.54, 1.807) is 18.2 Å². The molecular formula is C19H19ClF3N3O2. The highest BCUT2D eigenvalue weighted by molar-refractivity contribution is 6.31. The average molecular weight is 414 g/mol. The number of piperidine rings is 1. The smallest absolute Gasteiger partial charge is 0.417 e. The largest absolute Gasteiger partial charge is 0.495 e.